The van der Waals surface area contributed by atoms with Crippen molar-refractivity contribution in [3.8, 4) is 22.3 Å². The molecule has 2 heterocycles. The van der Waals surface area contributed by atoms with Gasteiger partial charge in [-0.05, 0) is 73.1 Å². The van der Waals surface area contributed by atoms with Gasteiger partial charge in [0.15, 0.2) is 0 Å². The quantitative estimate of drug-likeness (QED) is 0.204. The minimum atomic E-state index is 0.940. The van der Waals surface area contributed by atoms with Gasteiger partial charge in [-0.2, -0.15) is 0 Å². The standard InChI is InChI=1S/C38H22OS/c1-2-9-24-22-25(17-16-23(24)8-1)35-26-10-3-5-12-28(26)36(29-13-6-4-11-27(29)35)31-14-7-15-32-37-30-20-21-40-34(30)19-18-33(37)39-38(31)32/h1-22H. The number of hydrogen-bond acceptors (Lipinski definition) is 2. The van der Waals surface area contributed by atoms with Crippen LogP contribution in [0.4, 0.5) is 0 Å². The van der Waals surface area contributed by atoms with Crippen LogP contribution in [0.15, 0.2) is 137 Å². The molecule has 0 amide bonds. The van der Waals surface area contributed by atoms with Crippen LogP contribution in [-0.4, -0.2) is 0 Å². The van der Waals surface area contributed by atoms with Gasteiger partial charge in [-0.3, -0.25) is 0 Å². The van der Waals surface area contributed by atoms with Gasteiger partial charge < -0.3 is 4.42 Å². The highest BCUT2D eigenvalue weighted by Crippen LogP contribution is 2.47. The lowest BCUT2D eigenvalue weighted by Crippen LogP contribution is -1.91. The fraction of sp³-hybridized carbons (Fsp3) is 0. The molecule has 7 aromatic carbocycles. The van der Waals surface area contributed by atoms with Gasteiger partial charge in [0.2, 0.25) is 0 Å². The summed E-state index contributed by atoms with van der Waals surface area (Å²) in [7, 11) is 0. The van der Waals surface area contributed by atoms with Crippen LogP contribution in [0, 0.1) is 0 Å². The zero-order valence-electron chi connectivity index (χ0n) is 21.5. The fourth-order valence-electron chi connectivity index (χ4n) is 6.61. The van der Waals surface area contributed by atoms with Crippen LogP contribution in [0.2, 0.25) is 0 Å². The van der Waals surface area contributed by atoms with E-state index in [9.17, 15) is 0 Å². The number of para-hydroxylation sites is 1. The molecule has 9 rings (SSSR count). The first-order chi connectivity index (χ1) is 19.8. The van der Waals surface area contributed by atoms with Crippen molar-refractivity contribution < 1.29 is 4.42 Å². The molecule has 0 fully saturated rings. The second kappa shape index (κ2) is 8.29. The van der Waals surface area contributed by atoms with Crippen molar-refractivity contribution in [2.75, 3.05) is 0 Å². The minimum absolute atomic E-state index is 0.940. The topological polar surface area (TPSA) is 13.1 Å². The SMILES string of the molecule is c1ccc2cc(-c3c4ccccc4c(-c4cccc5c4oc4ccc6sccc6c45)c4ccccc34)ccc2c1. The second-order valence-corrected chi connectivity index (χ2v) is 11.4. The molecule has 9 aromatic rings. The molecule has 0 aliphatic heterocycles. The highest BCUT2D eigenvalue weighted by Gasteiger charge is 2.21. The lowest BCUT2D eigenvalue weighted by Gasteiger charge is -2.18. The molecular weight excluding hydrogens is 504 g/mol. The van der Waals surface area contributed by atoms with Crippen molar-refractivity contribution in [2.45, 2.75) is 0 Å². The number of rotatable bonds is 2. The summed E-state index contributed by atoms with van der Waals surface area (Å²) in [6.45, 7) is 0. The largest absolute Gasteiger partial charge is 0.455 e. The Labute approximate surface area is 234 Å². The van der Waals surface area contributed by atoms with E-state index in [4.69, 9.17) is 4.42 Å². The number of thiophene rings is 1. The van der Waals surface area contributed by atoms with Gasteiger partial charge in [-0.15, -0.1) is 11.3 Å². The number of fused-ring (bicyclic) bond motifs is 8. The first-order valence-corrected chi connectivity index (χ1v) is 14.5. The van der Waals surface area contributed by atoms with E-state index in [-0.39, 0.29) is 0 Å². The molecule has 0 spiro atoms. The van der Waals surface area contributed by atoms with Crippen LogP contribution in [0.3, 0.4) is 0 Å². The van der Waals surface area contributed by atoms with Crippen molar-refractivity contribution in [1.29, 1.82) is 0 Å². The predicted octanol–water partition coefficient (Wildman–Crippen LogP) is 11.6. The van der Waals surface area contributed by atoms with Gasteiger partial charge >= 0.3 is 0 Å². The highest BCUT2D eigenvalue weighted by atomic mass is 32.1. The normalized spacial score (nSPS) is 12.0. The Kier molecular flexibility index (Phi) is 4.55. The van der Waals surface area contributed by atoms with E-state index in [0.717, 1.165) is 16.7 Å². The summed E-state index contributed by atoms with van der Waals surface area (Å²) in [5, 5.41) is 13.3. The molecule has 0 saturated carbocycles. The zero-order valence-corrected chi connectivity index (χ0v) is 22.3. The molecule has 0 saturated heterocycles. The van der Waals surface area contributed by atoms with Gasteiger partial charge in [0.1, 0.15) is 11.2 Å². The Balaban J connectivity index is 1.43. The van der Waals surface area contributed by atoms with Crippen LogP contribution in [-0.2, 0) is 0 Å². The van der Waals surface area contributed by atoms with E-state index >= 15 is 0 Å². The summed E-state index contributed by atoms with van der Waals surface area (Å²) in [6.07, 6.45) is 0. The summed E-state index contributed by atoms with van der Waals surface area (Å²) in [5.74, 6) is 0. The van der Waals surface area contributed by atoms with Crippen molar-refractivity contribution in [3.05, 3.63) is 133 Å². The maximum Gasteiger partial charge on any atom is 0.143 e. The van der Waals surface area contributed by atoms with Crippen molar-refractivity contribution >= 4 is 75.7 Å². The zero-order chi connectivity index (χ0) is 26.2. The maximum atomic E-state index is 6.68. The average Bonchev–Trinajstić information content (AvgIpc) is 3.64. The van der Waals surface area contributed by atoms with Crippen molar-refractivity contribution in [2.24, 2.45) is 0 Å². The Morgan fingerprint density at radius 3 is 1.93 bits per heavy atom. The maximum absolute atomic E-state index is 6.68. The molecule has 1 nitrogen and oxygen atoms in total. The summed E-state index contributed by atoms with van der Waals surface area (Å²) in [4.78, 5) is 0. The van der Waals surface area contributed by atoms with E-state index in [1.54, 1.807) is 11.3 Å². The molecule has 40 heavy (non-hydrogen) atoms. The minimum Gasteiger partial charge on any atom is -0.455 e. The lowest BCUT2D eigenvalue weighted by molar-refractivity contribution is 0.670. The molecule has 0 atom stereocenters. The molecule has 0 bridgehead atoms. The summed E-state index contributed by atoms with van der Waals surface area (Å²) in [6, 6.07) is 46.2. The molecule has 186 valence electrons. The van der Waals surface area contributed by atoms with Gasteiger partial charge in [-0.25, -0.2) is 0 Å². The lowest BCUT2D eigenvalue weighted by atomic mass is 9.85. The Bertz CT molecular complexity index is 2380. The van der Waals surface area contributed by atoms with E-state index in [1.165, 1.54) is 69.9 Å². The predicted molar refractivity (Wildman–Crippen MR) is 172 cm³/mol. The Hall–Kier alpha value is -4.92. The third-order valence-electron chi connectivity index (χ3n) is 8.33. The second-order valence-electron chi connectivity index (χ2n) is 10.5. The van der Waals surface area contributed by atoms with Gasteiger partial charge in [-0.1, -0.05) is 103 Å². The van der Waals surface area contributed by atoms with E-state index in [1.807, 2.05) is 0 Å². The van der Waals surface area contributed by atoms with Crippen LogP contribution >= 0.6 is 11.3 Å². The van der Waals surface area contributed by atoms with Crippen LogP contribution in [0.25, 0.3) is 86.6 Å². The smallest absolute Gasteiger partial charge is 0.143 e. The molecule has 0 radical (unpaired) electrons. The van der Waals surface area contributed by atoms with Crippen molar-refractivity contribution in [3.63, 3.8) is 0 Å². The van der Waals surface area contributed by atoms with Gasteiger partial charge in [0, 0.05) is 32.0 Å². The first kappa shape index (κ1) is 22.0. The van der Waals surface area contributed by atoms with Crippen LogP contribution < -0.4 is 0 Å². The van der Waals surface area contributed by atoms with E-state index < -0.39 is 0 Å². The average molecular weight is 527 g/mol. The molecule has 2 aromatic heterocycles. The number of benzene rings is 7. The first-order valence-electron chi connectivity index (χ1n) is 13.6. The summed E-state index contributed by atoms with van der Waals surface area (Å²) in [5.41, 5.74) is 6.76. The van der Waals surface area contributed by atoms with E-state index in [0.29, 0.717) is 0 Å². The molecular formula is C38H22OS. The fourth-order valence-corrected chi connectivity index (χ4v) is 7.41. The van der Waals surface area contributed by atoms with Gasteiger partial charge in [0.05, 0.1) is 0 Å². The van der Waals surface area contributed by atoms with Crippen LogP contribution in [0.1, 0.15) is 0 Å². The van der Waals surface area contributed by atoms with E-state index in [2.05, 4.69) is 133 Å². The third-order valence-corrected chi connectivity index (χ3v) is 9.21. The summed E-state index contributed by atoms with van der Waals surface area (Å²) >= 11 is 1.78. The number of furan rings is 1. The Morgan fingerprint density at radius 1 is 0.475 bits per heavy atom. The van der Waals surface area contributed by atoms with Crippen molar-refractivity contribution in [1.82, 2.24) is 0 Å². The molecule has 0 N–H and O–H groups in total. The molecule has 2 heteroatoms. The van der Waals surface area contributed by atoms with Gasteiger partial charge in [0.25, 0.3) is 0 Å². The molecule has 0 unspecified atom stereocenters. The highest BCUT2D eigenvalue weighted by molar-refractivity contribution is 7.17. The summed E-state index contributed by atoms with van der Waals surface area (Å²) < 4.78 is 7.97. The molecule has 0 aliphatic carbocycles. The Morgan fingerprint density at radius 2 is 1.15 bits per heavy atom. The third kappa shape index (κ3) is 3.03. The monoisotopic (exact) mass is 526 g/mol. The van der Waals surface area contributed by atoms with Crippen LogP contribution in [0.5, 0.6) is 0 Å². The molecule has 0 aliphatic rings. The number of hydrogen-bond donors (Lipinski definition) is 0.